The molecule has 4 heteroatoms. The minimum atomic E-state index is -0.588. The van der Waals surface area contributed by atoms with E-state index in [0.29, 0.717) is 5.69 Å². The first-order valence-electron chi connectivity index (χ1n) is 5.92. The molecule has 0 radical (unpaired) electrons. The number of carbonyl (C=O) groups excluding carboxylic acids is 1. The third-order valence-corrected chi connectivity index (χ3v) is 2.08. The normalized spacial score (nSPS) is 13.1. The monoisotopic (exact) mass is 238 g/mol. The van der Waals surface area contributed by atoms with Gasteiger partial charge < -0.3 is 10.4 Å². The van der Waals surface area contributed by atoms with Gasteiger partial charge in [-0.2, -0.15) is 0 Å². The summed E-state index contributed by atoms with van der Waals surface area (Å²) in [4.78, 5) is 15.1. The Morgan fingerprint density at radius 2 is 1.82 bits per heavy atom. The van der Waals surface area contributed by atoms with Crippen molar-refractivity contribution in [1.82, 2.24) is 10.3 Å². The van der Waals surface area contributed by atoms with Crippen molar-refractivity contribution in [3.05, 3.63) is 29.6 Å². The number of rotatable bonds is 3. The molecule has 4 nitrogen and oxygen atoms in total. The van der Waals surface area contributed by atoms with E-state index < -0.39 is 6.10 Å². The maximum absolute atomic E-state index is 10.9. The van der Waals surface area contributed by atoms with Gasteiger partial charge in [0.25, 0.3) is 0 Å². The van der Waals surface area contributed by atoms with Crippen molar-refractivity contribution in [1.29, 1.82) is 0 Å². The largest absolute Gasteiger partial charge is 0.387 e. The van der Waals surface area contributed by atoms with E-state index >= 15 is 0 Å². The number of aromatic nitrogens is 1. The first-order chi connectivity index (χ1) is 8.00. The molecule has 1 amide bonds. The van der Waals surface area contributed by atoms with Crippen molar-refractivity contribution in [3.63, 3.8) is 0 Å². The van der Waals surface area contributed by atoms with E-state index in [1.165, 1.54) is 6.92 Å². The standard InChI is InChI=1S/C11H16N2O2.C2H6/c1-7(12-9(3)15)10-5-4-6-11(13-10)8(2)14;1-2/h4-8,14H,1-3H3,(H,12,15);1-2H3. The second-order valence-corrected chi connectivity index (χ2v) is 3.59. The summed E-state index contributed by atoms with van der Waals surface area (Å²) >= 11 is 0. The number of aliphatic hydroxyl groups is 1. The fourth-order valence-electron chi connectivity index (χ4n) is 1.32. The summed E-state index contributed by atoms with van der Waals surface area (Å²) < 4.78 is 0. The summed E-state index contributed by atoms with van der Waals surface area (Å²) in [5.74, 6) is -0.0910. The Bertz CT molecular complexity index is 351. The molecule has 0 aliphatic rings. The maximum atomic E-state index is 10.9. The third kappa shape index (κ3) is 5.45. The Balaban J connectivity index is 0.00000121. The summed E-state index contributed by atoms with van der Waals surface area (Å²) in [7, 11) is 0. The minimum absolute atomic E-state index is 0.0910. The van der Waals surface area contributed by atoms with Crippen LogP contribution in [0.25, 0.3) is 0 Å². The maximum Gasteiger partial charge on any atom is 0.217 e. The van der Waals surface area contributed by atoms with Crippen LogP contribution < -0.4 is 5.32 Å². The highest BCUT2D eigenvalue weighted by Crippen LogP contribution is 2.14. The number of nitrogens with zero attached hydrogens (tertiary/aromatic N) is 1. The fourth-order valence-corrected chi connectivity index (χ4v) is 1.32. The Morgan fingerprint density at radius 3 is 2.29 bits per heavy atom. The summed E-state index contributed by atoms with van der Waals surface area (Å²) in [6.07, 6.45) is -0.588. The first-order valence-corrected chi connectivity index (χ1v) is 5.92. The topological polar surface area (TPSA) is 62.2 Å². The Hall–Kier alpha value is -1.42. The SMILES string of the molecule is CC.CC(=O)NC(C)c1cccc(C(C)O)n1. The molecular formula is C13H22N2O2. The molecule has 96 valence electrons. The molecule has 1 aromatic heterocycles. The molecule has 0 bridgehead atoms. The van der Waals surface area contributed by atoms with Crippen LogP contribution in [0.5, 0.6) is 0 Å². The van der Waals surface area contributed by atoms with Crippen LogP contribution in [0.2, 0.25) is 0 Å². The molecule has 17 heavy (non-hydrogen) atoms. The van der Waals surface area contributed by atoms with Crippen LogP contribution in [0.15, 0.2) is 18.2 Å². The molecule has 2 N–H and O–H groups in total. The molecule has 0 saturated heterocycles. The summed E-state index contributed by atoms with van der Waals surface area (Å²) in [6.45, 7) is 8.99. The lowest BCUT2D eigenvalue weighted by Gasteiger charge is -2.13. The second kappa shape index (κ2) is 7.79. The number of carbonyl (C=O) groups is 1. The number of aliphatic hydroxyl groups excluding tert-OH is 1. The molecule has 0 aliphatic carbocycles. The zero-order chi connectivity index (χ0) is 13.4. The average Bonchev–Trinajstić information content (AvgIpc) is 2.31. The van der Waals surface area contributed by atoms with Crippen molar-refractivity contribution in [2.75, 3.05) is 0 Å². The predicted molar refractivity (Wildman–Crippen MR) is 68.5 cm³/mol. The van der Waals surface area contributed by atoms with Gasteiger partial charge in [-0.3, -0.25) is 9.78 Å². The molecular weight excluding hydrogens is 216 g/mol. The van der Waals surface area contributed by atoms with Crippen molar-refractivity contribution < 1.29 is 9.90 Å². The van der Waals surface area contributed by atoms with Crippen LogP contribution in [0.4, 0.5) is 0 Å². The highest BCUT2D eigenvalue weighted by Gasteiger charge is 2.10. The van der Waals surface area contributed by atoms with E-state index in [1.807, 2.05) is 32.9 Å². The van der Waals surface area contributed by atoms with Crippen LogP contribution in [0.1, 0.15) is 58.2 Å². The van der Waals surface area contributed by atoms with Crippen molar-refractivity contribution in [2.45, 2.75) is 46.8 Å². The van der Waals surface area contributed by atoms with Gasteiger partial charge in [-0.1, -0.05) is 19.9 Å². The smallest absolute Gasteiger partial charge is 0.217 e. The van der Waals surface area contributed by atoms with Gasteiger partial charge >= 0.3 is 0 Å². The van der Waals surface area contributed by atoms with E-state index in [4.69, 9.17) is 0 Å². The molecule has 0 aromatic carbocycles. The fraction of sp³-hybridized carbons (Fsp3) is 0.538. The van der Waals surface area contributed by atoms with Gasteiger partial charge in [0.2, 0.25) is 5.91 Å². The third-order valence-electron chi connectivity index (χ3n) is 2.08. The van der Waals surface area contributed by atoms with E-state index in [-0.39, 0.29) is 11.9 Å². The molecule has 1 aromatic rings. The van der Waals surface area contributed by atoms with E-state index in [1.54, 1.807) is 13.0 Å². The molecule has 2 unspecified atom stereocenters. The lowest BCUT2D eigenvalue weighted by Crippen LogP contribution is -2.24. The number of pyridine rings is 1. The molecule has 1 heterocycles. The summed E-state index contributed by atoms with van der Waals surface area (Å²) in [5, 5.41) is 12.1. The average molecular weight is 238 g/mol. The molecule has 1 rings (SSSR count). The zero-order valence-electron chi connectivity index (χ0n) is 11.2. The Labute approximate surface area is 103 Å². The Morgan fingerprint density at radius 1 is 1.29 bits per heavy atom. The number of amides is 1. The van der Waals surface area contributed by atoms with E-state index in [2.05, 4.69) is 10.3 Å². The van der Waals surface area contributed by atoms with Gasteiger partial charge in [-0.15, -0.1) is 0 Å². The van der Waals surface area contributed by atoms with Crippen molar-refractivity contribution in [2.24, 2.45) is 0 Å². The van der Waals surface area contributed by atoms with Gasteiger partial charge in [0.15, 0.2) is 0 Å². The number of hydrogen-bond donors (Lipinski definition) is 2. The summed E-state index contributed by atoms with van der Waals surface area (Å²) in [6, 6.07) is 5.27. The van der Waals surface area contributed by atoms with Crippen molar-refractivity contribution in [3.8, 4) is 0 Å². The van der Waals surface area contributed by atoms with Gasteiger partial charge in [-0.05, 0) is 26.0 Å². The highest BCUT2D eigenvalue weighted by molar-refractivity contribution is 5.73. The van der Waals surface area contributed by atoms with E-state index in [0.717, 1.165) is 5.69 Å². The molecule has 0 fully saturated rings. The molecule has 0 aliphatic heterocycles. The minimum Gasteiger partial charge on any atom is -0.387 e. The first kappa shape index (κ1) is 15.6. The number of hydrogen-bond acceptors (Lipinski definition) is 3. The molecule has 2 atom stereocenters. The Kier molecular flexibility index (Phi) is 7.14. The zero-order valence-corrected chi connectivity index (χ0v) is 11.2. The predicted octanol–water partition coefficient (Wildman–Crippen LogP) is 2.36. The van der Waals surface area contributed by atoms with Gasteiger partial charge in [-0.25, -0.2) is 0 Å². The van der Waals surface area contributed by atoms with Crippen LogP contribution in [-0.4, -0.2) is 16.0 Å². The lowest BCUT2D eigenvalue weighted by atomic mass is 10.1. The molecule has 0 saturated carbocycles. The lowest BCUT2D eigenvalue weighted by molar-refractivity contribution is -0.119. The van der Waals surface area contributed by atoms with Gasteiger partial charge in [0.1, 0.15) is 0 Å². The van der Waals surface area contributed by atoms with Crippen LogP contribution in [0.3, 0.4) is 0 Å². The molecule has 0 spiro atoms. The van der Waals surface area contributed by atoms with Gasteiger partial charge in [0.05, 0.1) is 23.5 Å². The van der Waals surface area contributed by atoms with Crippen LogP contribution >= 0.6 is 0 Å². The highest BCUT2D eigenvalue weighted by atomic mass is 16.3. The van der Waals surface area contributed by atoms with E-state index in [9.17, 15) is 9.90 Å². The van der Waals surface area contributed by atoms with Gasteiger partial charge in [0, 0.05) is 6.92 Å². The van der Waals surface area contributed by atoms with Crippen LogP contribution in [0, 0.1) is 0 Å². The summed E-state index contributed by atoms with van der Waals surface area (Å²) in [5.41, 5.74) is 1.37. The second-order valence-electron chi connectivity index (χ2n) is 3.59. The quantitative estimate of drug-likeness (QED) is 0.849. The van der Waals surface area contributed by atoms with Crippen LogP contribution in [-0.2, 0) is 4.79 Å². The van der Waals surface area contributed by atoms with Crippen molar-refractivity contribution >= 4 is 5.91 Å². The number of nitrogens with one attached hydrogen (secondary N) is 1.